The average Bonchev–Trinajstić information content (AvgIpc) is 3.10. The van der Waals surface area contributed by atoms with Crippen molar-refractivity contribution < 1.29 is 18.1 Å². The Morgan fingerprint density at radius 1 is 1.36 bits per heavy atom. The Morgan fingerprint density at radius 2 is 2.11 bits per heavy atom. The minimum absolute atomic E-state index is 0.0805. The molecule has 0 spiro atoms. The van der Waals surface area contributed by atoms with Gasteiger partial charge in [0.15, 0.2) is 0 Å². The molecule has 3 rings (SSSR count). The smallest absolute Gasteiger partial charge is 0.270 e. The molecule has 10 nitrogen and oxygen atoms in total. The highest BCUT2D eigenvalue weighted by atomic mass is 32.2. The zero-order valence-corrected chi connectivity index (χ0v) is 16.4. The van der Waals surface area contributed by atoms with Crippen LogP contribution in [-0.4, -0.2) is 60.7 Å². The summed E-state index contributed by atoms with van der Waals surface area (Å²) in [6, 6.07) is 3.88. The largest absolute Gasteiger partial charge is 0.384 e. The molecule has 1 aliphatic heterocycles. The Morgan fingerprint density at radius 3 is 2.75 bits per heavy atom. The number of morpholine rings is 1. The summed E-state index contributed by atoms with van der Waals surface area (Å²) in [7, 11) is -3.86. The van der Waals surface area contributed by atoms with Crippen molar-refractivity contribution in [3.8, 4) is 0 Å². The van der Waals surface area contributed by atoms with Gasteiger partial charge in [0.25, 0.3) is 5.69 Å². The van der Waals surface area contributed by atoms with Crippen molar-refractivity contribution in [2.24, 2.45) is 0 Å². The second-order valence-corrected chi connectivity index (χ2v) is 8.41. The van der Waals surface area contributed by atoms with E-state index in [2.05, 4.69) is 15.5 Å². The maximum absolute atomic E-state index is 13.0. The molecule has 1 fully saturated rings. The molecule has 1 aliphatic rings. The number of nitrogens with one attached hydrogen (secondary N) is 2. The third kappa shape index (κ3) is 4.49. The van der Waals surface area contributed by atoms with Gasteiger partial charge in [-0.1, -0.05) is 0 Å². The van der Waals surface area contributed by atoms with E-state index in [0.717, 1.165) is 30.2 Å². The maximum atomic E-state index is 13.0. The summed E-state index contributed by atoms with van der Waals surface area (Å²) >= 11 is 0. The van der Waals surface area contributed by atoms with Gasteiger partial charge in [0, 0.05) is 37.5 Å². The van der Waals surface area contributed by atoms with Gasteiger partial charge in [0.05, 0.1) is 30.0 Å². The summed E-state index contributed by atoms with van der Waals surface area (Å²) in [5.41, 5.74) is 2.21. The maximum Gasteiger partial charge on any atom is 0.270 e. The lowest BCUT2D eigenvalue weighted by Crippen LogP contribution is -2.40. The summed E-state index contributed by atoms with van der Waals surface area (Å²) in [6.07, 6.45) is 3.32. The van der Waals surface area contributed by atoms with Gasteiger partial charge in [-0.2, -0.15) is 9.40 Å². The van der Waals surface area contributed by atoms with Crippen molar-refractivity contribution in [1.82, 2.24) is 14.5 Å². The monoisotopic (exact) mass is 409 g/mol. The number of rotatable bonds is 8. The highest BCUT2D eigenvalue weighted by Crippen LogP contribution is 2.29. The van der Waals surface area contributed by atoms with Crippen LogP contribution in [0.5, 0.6) is 0 Å². The van der Waals surface area contributed by atoms with Crippen LogP contribution in [0.3, 0.4) is 0 Å². The highest BCUT2D eigenvalue weighted by molar-refractivity contribution is 7.89. The van der Waals surface area contributed by atoms with Crippen LogP contribution in [0.15, 0.2) is 29.3 Å². The SMILES string of the molecule is Cc1[nH]ncc1CCCNc1ccc([N+](=O)[O-])cc1S(=O)(=O)N1CCOCC1. The van der Waals surface area contributed by atoms with E-state index in [1.54, 1.807) is 6.20 Å². The molecule has 28 heavy (non-hydrogen) atoms. The number of nitrogens with zero attached hydrogens (tertiary/aromatic N) is 3. The fourth-order valence-electron chi connectivity index (χ4n) is 3.04. The van der Waals surface area contributed by atoms with Crippen LogP contribution < -0.4 is 5.32 Å². The quantitative estimate of drug-likeness (QED) is 0.385. The van der Waals surface area contributed by atoms with Crippen LogP contribution in [0.2, 0.25) is 0 Å². The molecule has 2 N–H and O–H groups in total. The van der Waals surface area contributed by atoms with Crippen LogP contribution in [-0.2, 0) is 21.2 Å². The van der Waals surface area contributed by atoms with Crippen molar-refractivity contribution >= 4 is 21.4 Å². The van der Waals surface area contributed by atoms with Gasteiger partial charge < -0.3 is 10.1 Å². The van der Waals surface area contributed by atoms with E-state index < -0.39 is 14.9 Å². The third-order valence-corrected chi connectivity index (χ3v) is 6.58. The Labute approximate surface area is 163 Å². The summed E-state index contributed by atoms with van der Waals surface area (Å²) in [5.74, 6) is 0. The first-order valence-corrected chi connectivity index (χ1v) is 10.4. The standard InChI is InChI=1S/C17H23N5O5S/c1-13-14(12-19-20-13)3-2-6-18-16-5-4-15(22(23)24)11-17(16)28(25,26)21-7-9-27-10-8-21/h4-5,11-12,18H,2-3,6-10H2,1H3,(H,19,20). The number of nitro benzene ring substituents is 1. The van der Waals surface area contributed by atoms with Crippen molar-refractivity contribution in [2.75, 3.05) is 38.2 Å². The lowest BCUT2D eigenvalue weighted by Gasteiger charge is -2.27. The molecule has 0 unspecified atom stereocenters. The predicted molar refractivity (Wildman–Crippen MR) is 103 cm³/mol. The number of aromatic amines is 1. The molecule has 11 heteroatoms. The zero-order chi connectivity index (χ0) is 20.1. The minimum Gasteiger partial charge on any atom is -0.384 e. The molecule has 2 heterocycles. The lowest BCUT2D eigenvalue weighted by molar-refractivity contribution is -0.385. The van der Waals surface area contributed by atoms with Crippen LogP contribution in [0, 0.1) is 17.0 Å². The molecule has 1 aromatic carbocycles. The van der Waals surface area contributed by atoms with E-state index in [9.17, 15) is 18.5 Å². The Bertz CT molecular complexity index is 937. The molecule has 0 saturated carbocycles. The molecule has 1 aromatic heterocycles. The van der Waals surface area contributed by atoms with Crippen LogP contribution in [0.4, 0.5) is 11.4 Å². The topological polar surface area (TPSA) is 130 Å². The second-order valence-electron chi connectivity index (χ2n) is 6.50. The number of ether oxygens (including phenoxy) is 1. The number of anilines is 1. The predicted octanol–water partition coefficient (Wildman–Crippen LogP) is 1.69. The number of hydrogen-bond acceptors (Lipinski definition) is 7. The molecule has 0 aliphatic carbocycles. The number of sulfonamides is 1. The number of benzene rings is 1. The minimum atomic E-state index is -3.86. The normalized spacial score (nSPS) is 15.5. The van der Waals surface area contributed by atoms with E-state index >= 15 is 0 Å². The molecule has 0 bridgehead atoms. The summed E-state index contributed by atoms with van der Waals surface area (Å²) in [6.45, 7) is 3.53. The fraction of sp³-hybridized carbons (Fsp3) is 0.471. The molecular formula is C17H23N5O5S. The molecule has 152 valence electrons. The molecule has 1 saturated heterocycles. The van der Waals surface area contributed by atoms with Gasteiger partial charge in [0.2, 0.25) is 10.0 Å². The van der Waals surface area contributed by atoms with Crippen molar-refractivity contribution in [3.05, 3.63) is 45.8 Å². The third-order valence-electron chi connectivity index (χ3n) is 4.64. The average molecular weight is 409 g/mol. The lowest BCUT2D eigenvalue weighted by atomic mass is 10.1. The summed E-state index contributed by atoms with van der Waals surface area (Å²) in [4.78, 5) is 10.5. The van der Waals surface area contributed by atoms with Crippen molar-refractivity contribution in [1.29, 1.82) is 0 Å². The first-order valence-electron chi connectivity index (χ1n) is 8.98. The first kappa shape index (κ1) is 20.2. The second kappa shape index (κ2) is 8.67. The van der Waals surface area contributed by atoms with Gasteiger partial charge in [0.1, 0.15) is 4.90 Å². The van der Waals surface area contributed by atoms with Gasteiger partial charge in [-0.05, 0) is 31.4 Å². The number of non-ortho nitro benzene ring substituents is 1. The molecular weight excluding hydrogens is 386 g/mol. The Balaban J connectivity index is 1.78. The molecule has 0 atom stereocenters. The molecule has 0 amide bonds. The van der Waals surface area contributed by atoms with E-state index in [4.69, 9.17) is 4.74 Å². The van der Waals surface area contributed by atoms with Gasteiger partial charge in [-0.25, -0.2) is 8.42 Å². The highest BCUT2D eigenvalue weighted by Gasteiger charge is 2.30. The zero-order valence-electron chi connectivity index (χ0n) is 15.6. The Hall–Kier alpha value is -2.50. The van der Waals surface area contributed by atoms with Crippen molar-refractivity contribution in [3.63, 3.8) is 0 Å². The van der Waals surface area contributed by atoms with E-state index in [-0.39, 0.29) is 23.7 Å². The van der Waals surface area contributed by atoms with Gasteiger partial charge >= 0.3 is 0 Å². The number of nitro groups is 1. The fourth-order valence-corrected chi connectivity index (χ4v) is 4.64. The van der Waals surface area contributed by atoms with E-state index in [1.165, 1.54) is 16.4 Å². The van der Waals surface area contributed by atoms with Crippen LogP contribution in [0.25, 0.3) is 0 Å². The van der Waals surface area contributed by atoms with Crippen molar-refractivity contribution in [2.45, 2.75) is 24.7 Å². The van der Waals surface area contributed by atoms with Crippen LogP contribution in [0.1, 0.15) is 17.7 Å². The summed E-state index contributed by atoms with van der Waals surface area (Å²) < 4.78 is 32.6. The number of aromatic nitrogens is 2. The number of hydrogen-bond donors (Lipinski definition) is 2. The summed E-state index contributed by atoms with van der Waals surface area (Å²) in [5, 5.41) is 21.1. The van der Waals surface area contributed by atoms with Gasteiger partial charge in [-0.15, -0.1) is 0 Å². The van der Waals surface area contributed by atoms with Crippen LogP contribution >= 0.6 is 0 Å². The molecule has 0 radical (unpaired) electrons. The number of H-pyrrole nitrogens is 1. The number of aryl methyl sites for hydroxylation is 2. The van der Waals surface area contributed by atoms with Gasteiger partial charge in [-0.3, -0.25) is 15.2 Å². The van der Waals surface area contributed by atoms with E-state index in [0.29, 0.717) is 25.4 Å². The Kier molecular flexibility index (Phi) is 6.27. The first-order chi connectivity index (χ1) is 13.4. The molecule has 2 aromatic rings. The van der Waals surface area contributed by atoms with E-state index in [1.807, 2.05) is 6.92 Å².